The fourth-order valence-corrected chi connectivity index (χ4v) is 3.57. The number of fused-ring (bicyclic) bond motifs is 1. The molecule has 2 heterocycles. The van der Waals surface area contributed by atoms with E-state index in [0.29, 0.717) is 16.3 Å². The Labute approximate surface area is 129 Å². The molecule has 0 spiro atoms. The smallest absolute Gasteiger partial charge is 0.178 e. The van der Waals surface area contributed by atoms with Gasteiger partial charge < -0.3 is 4.57 Å². The van der Waals surface area contributed by atoms with E-state index in [0.717, 1.165) is 16.9 Å². The first kappa shape index (κ1) is 14.7. The third kappa shape index (κ3) is 2.29. The standard InChI is InChI=1S/C16H17N3O2S/c1-4-22(20,21)14-8-6-5-7-12(14)15-18-13-10-9-11(2)17-16(13)19(15)3/h5-10H,4H2,1-3H3. The molecule has 0 unspecified atom stereocenters. The molecular weight excluding hydrogens is 298 g/mol. The van der Waals surface area contributed by atoms with E-state index in [1.165, 1.54) is 0 Å². The summed E-state index contributed by atoms with van der Waals surface area (Å²) in [6.45, 7) is 3.56. The monoisotopic (exact) mass is 315 g/mol. The number of aromatic nitrogens is 3. The summed E-state index contributed by atoms with van der Waals surface area (Å²) < 4.78 is 26.5. The maximum atomic E-state index is 12.3. The molecule has 0 aliphatic rings. The van der Waals surface area contributed by atoms with Gasteiger partial charge in [-0.15, -0.1) is 0 Å². The molecule has 6 heteroatoms. The average Bonchev–Trinajstić information content (AvgIpc) is 2.84. The Balaban J connectivity index is 2.32. The SMILES string of the molecule is CCS(=O)(=O)c1ccccc1-c1nc2ccc(C)nc2n1C. The molecule has 0 saturated heterocycles. The first-order chi connectivity index (χ1) is 10.4. The van der Waals surface area contributed by atoms with Gasteiger partial charge in [0.1, 0.15) is 11.3 Å². The highest BCUT2D eigenvalue weighted by atomic mass is 32.2. The van der Waals surface area contributed by atoms with Gasteiger partial charge in [-0.2, -0.15) is 0 Å². The van der Waals surface area contributed by atoms with Gasteiger partial charge in [-0.05, 0) is 31.2 Å². The molecule has 2 aromatic heterocycles. The molecule has 0 amide bonds. The summed E-state index contributed by atoms with van der Waals surface area (Å²) >= 11 is 0. The highest BCUT2D eigenvalue weighted by Crippen LogP contribution is 2.29. The Hall–Kier alpha value is -2.21. The van der Waals surface area contributed by atoms with Crippen molar-refractivity contribution in [3.63, 3.8) is 0 Å². The maximum absolute atomic E-state index is 12.3. The third-order valence-corrected chi connectivity index (χ3v) is 5.48. The van der Waals surface area contributed by atoms with Gasteiger partial charge in [0, 0.05) is 18.3 Å². The normalized spacial score (nSPS) is 12.0. The zero-order valence-corrected chi connectivity index (χ0v) is 13.6. The van der Waals surface area contributed by atoms with Gasteiger partial charge >= 0.3 is 0 Å². The van der Waals surface area contributed by atoms with Crippen molar-refractivity contribution in [2.24, 2.45) is 7.05 Å². The number of hydrogen-bond acceptors (Lipinski definition) is 4. The molecule has 3 aromatic rings. The summed E-state index contributed by atoms with van der Waals surface area (Å²) in [5.74, 6) is 0.673. The predicted molar refractivity (Wildman–Crippen MR) is 86.4 cm³/mol. The van der Waals surface area contributed by atoms with Crippen LogP contribution in [0.2, 0.25) is 0 Å². The molecule has 1 aromatic carbocycles. The number of sulfone groups is 1. The molecule has 0 N–H and O–H groups in total. The quantitative estimate of drug-likeness (QED) is 0.745. The van der Waals surface area contributed by atoms with Gasteiger partial charge in [-0.25, -0.2) is 18.4 Å². The molecule has 114 valence electrons. The van der Waals surface area contributed by atoms with Crippen molar-refractivity contribution in [2.45, 2.75) is 18.7 Å². The van der Waals surface area contributed by atoms with Crippen LogP contribution in [0, 0.1) is 6.92 Å². The van der Waals surface area contributed by atoms with Crippen molar-refractivity contribution in [2.75, 3.05) is 5.75 Å². The van der Waals surface area contributed by atoms with Crippen LogP contribution in [0.5, 0.6) is 0 Å². The van der Waals surface area contributed by atoms with Crippen molar-refractivity contribution < 1.29 is 8.42 Å². The van der Waals surface area contributed by atoms with Gasteiger partial charge in [0.2, 0.25) is 0 Å². The van der Waals surface area contributed by atoms with Gasteiger partial charge in [0.25, 0.3) is 0 Å². The number of pyridine rings is 1. The first-order valence-electron chi connectivity index (χ1n) is 7.06. The Morgan fingerprint density at radius 1 is 1.09 bits per heavy atom. The molecule has 0 radical (unpaired) electrons. The summed E-state index contributed by atoms with van der Waals surface area (Å²) in [5, 5.41) is 0. The van der Waals surface area contributed by atoms with Crippen LogP contribution in [0.15, 0.2) is 41.3 Å². The molecule has 22 heavy (non-hydrogen) atoms. The lowest BCUT2D eigenvalue weighted by Gasteiger charge is -2.09. The van der Waals surface area contributed by atoms with Gasteiger partial charge in [0.15, 0.2) is 15.5 Å². The number of hydrogen-bond donors (Lipinski definition) is 0. The third-order valence-electron chi connectivity index (χ3n) is 3.70. The molecular formula is C16H17N3O2S. The number of imidazole rings is 1. The Morgan fingerprint density at radius 3 is 2.55 bits per heavy atom. The summed E-state index contributed by atoms with van der Waals surface area (Å²) in [5.41, 5.74) is 3.02. The van der Waals surface area contributed by atoms with Gasteiger partial charge in [-0.1, -0.05) is 19.1 Å². The first-order valence-corrected chi connectivity index (χ1v) is 8.71. The van der Waals surface area contributed by atoms with Crippen molar-refractivity contribution in [3.05, 3.63) is 42.1 Å². The van der Waals surface area contributed by atoms with Gasteiger partial charge in [0.05, 0.1) is 10.6 Å². The van der Waals surface area contributed by atoms with Crippen LogP contribution in [0.1, 0.15) is 12.6 Å². The van der Waals surface area contributed by atoms with Crippen molar-refractivity contribution in [3.8, 4) is 11.4 Å². The lowest BCUT2D eigenvalue weighted by atomic mass is 10.2. The van der Waals surface area contributed by atoms with Crippen molar-refractivity contribution in [1.82, 2.24) is 14.5 Å². The second-order valence-corrected chi connectivity index (χ2v) is 7.44. The van der Waals surface area contributed by atoms with E-state index >= 15 is 0 Å². The van der Waals surface area contributed by atoms with Crippen LogP contribution in [0.4, 0.5) is 0 Å². The molecule has 5 nitrogen and oxygen atoms in total. The largest absolute Gasteiger partial charge is 0.312 e. The Kier molecular flexibility index (Phi) is 3.48. The van der Waals surface area contributed by atoms with E-state index in [-0.39, 0.29) is 5.75 Å². The Morgan fingerprint density at radius 2 is 1.82 bits per heavy atom. The highest BCUT2D eigenvalue weighted by molar-refractivity contribution is 7.91. The fraction of sp³-hybridized carbons (Fsp3) is 0.250. The summed E-state index contributed by atoms with van der Waals surface area (Å²) in [6.07, 6.45) is 0. The lowest BCUT2D eigenvalue weighted by Crippen LogP contribution is -2.07. The zero-order valence-electron chi connectivity index (χ0n) is 12.7. The second-order valence-electron chi connectivity index (χ2n) is 5.19. The zero-order chi connectivity index (χ0) is 15.9. The molecule has 3 rings (SSSR count). The van der Waals surface area contributed by atoms with E-state index in [9.17, 15) is 8.42 Å². The van der Waals surface area contributed by atoms with Crippen LogP contribution in [-0.2, 0) is 16.9 Å². The summed E-state index contributed by atoms with van der Waals surface area (Å²) in [4.78, 5) is 9.37. The minimum absolute atomic E-state index is 0.0608. The fourth-order valence-electron chi connectivity index (χ4n) is 2.48. The van der Waals surface area contributed by atoms with Crippen LogP contribution in [0.3, 0.4) is 0 Å². The van der Waals surface area contributed by atoms with E-state index in [4.69, 9.17) is 0 Å². The lowest BCUT2D eigenvalue weighted by molar-refractivity contribution is 0.597. The minimum atomic E-state index is -3.31. The minimum Gasteiger partial charge on any atom is -0.312 e. The molecule has 0 aliphatic carbocycles. The maximum Gasteiger partial charge on any atom is 0.178 e. The molecule has 0 aliphatic heterocycles. The number of aryl methyl sites for hydroxylation is 2. The van der Waals surface area contributed by atoms with E-state index in [1.54, 1.807) is 25.1 Å². The number of nitrogens with zero attached hydrogens (tertiary/aromatic N) is 3. The topological polar surface area (TPSA) is 64.8 Å². The highest BCUT2D eigenvalue weighted by Gasteiger charge is 2.21. The summed E-state index contributed by atoms with van der Waals surface area (Å²) in [7, 11) is -1.46. The molecule has 0 saturated carbocycles. The van der Waals surface area contributed by atoms with Gasteiger partial charge in [-0.3, -0.25) is 0 Å². The van der Waals surface area contributed by atoms with Crippen molar-refractivity contribution in [1.29, 1.82) is 0 Å². The van der Waals surface area contributed by atoms with Crippen LogP contribution in [-0.4, -0.2) is 28.7 Å². The molecule has 0 fully saturated rings. The number of rotatable bonds is 3. The number of benzene rings is 1. The Bertz CT molecular complexity index is 959. The van der Waals surface area contributed by atoms with E-state index in [1.807, 2.05) is 36.7 Å². The summed E-state index contributed by atoms with van der Waals surface area (Å²) in [6, 6.07) is 10.8. The van der Waals surface area contributed by atoms with E-state index < -0.39 is 9.84 Å². The molecule has 0 bridgehead atoms. The van der Waals surface area contributed by atoms with Crippen LogP contribution < -0.4 is 0 Å². The predicted octanol–water partition coefficient (Wildman–Crippen LogP) is 2.74. The van der Waals surface area contributed by atoms with Crippen molar-refractivity contribution >= 4 is 21.0 Å². The second kappa shape index (κ2) is 5.21. The molecule has 0 atom stereocenters. The van der Waals surface area contributed by atoms with E-state index in [2.05, 4.69) is 9.97 Å². The van der Waals surface area contributed by atoms with Crippen LogP contribution in [0.25, 0.3) is 22.6 Å². The average molecular weight is 315 g/mol. The van der Waals surface area contributed by atoms with Crippen LogP contribution >= 0.6 is 0 Å².